The van der Waals surface area contributed by atoms with Crippen molar-refractivity contribution in [3.63, 3.8) is 0 Å². The van der Waals surface area contributed by atoms with Gasteiger partial charge in [0, 0.05) is 11.6 Å². The Morgan fingerprint density at radius 2 is 2.08 bits per heavy atom. The molecule has 0 radical (unpaired) electrons. The van der Waals surface area contributed by atoms with Gasteiger partial charge >= 0.3 is 0 Å². The summed E-state index contributed by atoms with van der Waals surface area (Å²) in [6.07, 6.45) is 0. The highest BCUT2D eigenvalue weighted by atomic mass is 35.5. The van der Waals surface area contributed by atoms with Gasteiger partial charge < -0.3 is 14.9 Å². The molecule has 0 aromatic heterocycles. The van der Waals surface area contributed by atoms with Crippen LogP contribution in [0.5, 0.6) is 11.5 Å². The summed E-state index contributed by atoms with van der Waals surface area (Å²) in [5.74, 6) is -0.0233. The smallest absolute Gasteiger partial charge is 0.179 e. The summed E-state index contributed by atoms with van der Waals surface area (Å²) in [5.41, 5.74) is 0.345. The van der Waals surface area contributed by atoms with Crippen molar-refractivity contribution >= 4 is 23.2 Å². The number of aromatic hydroxyl groups is 1. The lowest BCUT2D eigenvalue weighted by Crippen LogP contribution is -1.92. The molecule has 1 aromatic rings. The van der Waals surface area contributed by atoms with Crippen molar-refractivity contribution in [2.75, 3.05) is 7.11 Å². The standard InChI is InChI=1S/C8H8Cl2O3/c1-13-8-6(12)2-5(9)4(3-11)7(8)10/h2,11-12H,3H2,1H3. The number of benzene rings is 1. The Labute approximate surface area is 85.5 Å². The molecule has 0 saturated heterocycles. The van der Waals surface area contributed by atoms with Crippen molar-refractivity contribution in [1.82, 2.24) is 0 Å². The molecule has 13 heavy (non-hydrogen) atoms. The molecule has 0 fully saturated rings. The van der Waals surface area contributed by atoms with Crippen LogP contribution < -0.4 is 4.74 Å². The predicted molar refractivity (Wildman–Crippen MR) is 50.6 cm³/mol. The lowest BCUT2D eigenvalue weighted by molar-refractivity contribution is 0.280. The zero-order valence-corrected chi connectivity index (χ0v) is 8.35. The average Bonchev–Trinajstić information content (AvgIpc) is 2.04. The quantitative estimate of drug-likeness (QED) is 0.807. The van der Waals surface area contributed by atoms with Crippen LogP contribution in [0.15, 0.2) is 6.07 Å². The van der Waals surface area contributed by atoms with E-state index < -0.39 is 0 Å². The van der Waals surface area contributed by atoms with Gasteiger partial charge in [-0.2, -0.15) is 0 Å². The summed E-state index contributed by atoms with van der Waals surface area (Å²) in [5, 5.41) is 18.6. The number of phenols is 1. The molecule has 0 unspecified atom stereocenters. The minimum Gasteiger partial charge on any atom is -0.504 e. The first-order valence-electron chi connectivity index (χ1n) is 3.46. The first kappa shape index (κ1) is 10.4. The van der Waals surface area contributed by atoms with Gasteiger partial charge in [-0.3, -0.25) is 0 Å². The Morgan fingerprint density at radius 1 is 1.46 bits per heavy atom. The molecule has 1 rings (SSSR count). The third-order valence-corrected chi connectivity index (χ3v) is 2.35. The number of halogens is 2. The van der Waals surface area contributed by atoms with Gasteiger partial charge in [-0.25, -0.2) is 0 Å². The van der Waals surface area contributed by atoms with Crippen LogP contribution in [0.1, 0.15) is 5.56 Å². The summed E-state index contributed by atoms with van der Waals surface area (Å²) in [6, 6.07) is 1.28. The fourth-order valence-corrected chi connectivity index (χ4v) is 1.61. The highest BCUT2D eigenvalue weighted by Gasteiger charge is 2.15. The van der Waals surface area contributed by atoms with E-state index >= 15 is 0 Å². The van der Waals surface area contributed by atoms with Gasteiger partial charge in [0.25, 0.3) is 0 Å². The van der Waals surface area contributed by atoms with Gasteiger partial charge in [-0.1, -0.05) is 23.2 Å². The van der Waals surface area contributed by atoms with Gasteiger partial charge in [0.1, 0.15) is 0 Å². The Kier molecular flexibility index (Phi) is 3.25. The molecule has 5 heteroatoms. The second-order valence-corrected chi connectivity index (χ2v) is 3.15. The summed E-state index contributed by atoms with van der Waals surface area (Å²) < 4.78 is 4.82. The molecular weight excluding hydrogens is 215 g/mol. The molecule has 0 spiro atoms. The molecular formula is C8H8Cl2O3. The van der Waals surface area contributed by atoms with E-state index in [1.807, 2.05) is 0 Å². The highest BCUT2D eigenvalue weighted by molar-refractivity contribution is 6.37. The molecule has 0 amide bonds. The summed E-state index contributed by atoms with van der Waals surface area (Å²) in [4.78, 5) is 0. The van der Waals surface area contributed by atoms with Crippen molar-refractivity contribution in [3.8, 4) is 11.5 Å². The van der Waals surface area contributed by atoms with E-state index in [1.165, 1.54) is 13.2 Å². The molecule has 0 atom stereocenters. The maximum atomic E-state index is 9.32. The predicted octanol–water partition coefficient (Wildman–Crippen LogP) is 2.20. The molecule has 1 aromatic carbocycles. The van der Waals surface area contributed by atoms with Crippen molar-refractivity contribution < 1.29 is 14.9 Å². The number of hydrogen-bond donors (Lipinski definition) is 2. The number of ether oxygens (including phenoxy) is 1. The van der Waals surface area contributed by atoms with E-state index in [-0.39, 0.29) is 28.2 Å². The van der Waals surface area contributed by atoms with Crippen LogP contribution in [-0.2, 0) is 6.61 Å². The van der Waals surface area contributed by atoms with Crippen LogP contribution in [0, 0.1) is 0 Å². The van der Waals surface area contributed by atoms with Gasteiger partial charge in [0.2, 0.25) is 0 Å². The first-order valence-corrected chi connectivity index (χ1v) is 4.22. The zero-order chi connectivity index (χ0) is 10.0. The molecule has 0 heterocycles. The SMILES string of the molecule is COc1c(O)cc(Cl)c(CO)c1Cl. The van der Waals surface area contributed by atoms with Crippen molar-refractivity contribution in [2.24, 2.45) is 0 Å². The van der Waals surface area contributed by atoms with Gasteiger partial charge in [-0.15, -0.1) is 0 Å². The normalized spacial score (nSPS) is 10.2. The van der Waals surface area contributed by atoms with Crippen molar-refractivity contribution in [1.29, 1.82) is 0 Å². The van der Waals surface area contributed by atoms with Crippen LogP contribution in [0.4, 0.5) is 0 Å². The van der Waals surface area contributed by atoms with Crippen LogP contribution in [-0.4, -0.2) is 17.3 Å². The van der Waals surface area contributed by atoms with Crippen LogP contribution in [0.2, 0.25) is 10.0 Å². The Bertz CT molecular complexity index is 297. The number of hydrogen-bond acceptors (Lipinski definition) is 3. The highest BCUT2D eigenvalue weighted by Crippen LogP contribution is 2.40. The Hall–Kier alpha value is -0.640. The first-order chi connectivity index (χ1) is 6.11. The third kappa shape index (κ3) is 1.82. The molecule has 3 nitrogen and oxygen atoms in total. The number of rotatable bonds is 2. The number of aliphatic hydroxyl groups excluding tert-OH is 1. The second-order valence-electron chi connectivity index (χ2n) is 2.36. The Balaban J connectivity index is 3.39. The van der Waals surface area contributed by atoms with E-state index in [1.54, 1.807) is 0 Å². The lowest BCUT2D eigenvalue weighted by atomic mass is 10.2. The maximum Gasteiger partial charge on any atom is 0.179 e. The fraction of sp³-hybridized carbons (Fsp3) is 0.250. The minimum atomic E-state index is -0.297. The Morgan fingerprint density at radius 3 is 2.54 bits per heavy atom. The van der Waals surface area contributed by atoms with E-state index in [0.717, 1.165) is 0 Å². The van der Waals surface area contributed by atoms with E-state index in [9.17, 15) is 5.11 Å². The maximum absolute atomic E-state index is 9.32. The lowest BCUT2D eigenvalue weighted by Gasteiger charge is -2.10. The summed E-state index contributed by atoms with van der Waals surface area (Å²) in [7, 11) is 1.37. The van der Waals surface area contributed by atoms with E-state index in [0.29, 0.717) is 5.56 Å². The number of aliphatic hydroxyl groups is 1. The number of methoxy groups -OCH3 is 1. The topological polar surface area (TPSA) is 49.7 Å². The molecule has 0 saturated carbocycles. The molecule has 0 aliphatic rings. The van der Waals surface area contributed by atoms with Crippen molar-refractivity contribution in [3.05, 3.63) is 21.7 Å². The average molecular weight is 223 g/mol. The van der Waals surface area contributed by atoms with Crippen LogP contribution in [0.25, 0.3) is 0 Å². The molecule has 2 N–H and O–H groups in total. The third-order valence-electron chi connectivity index (χ3n) is 1.61. The van der Waals surface area contributed by atoms with Crippen molar-refractivity contribution in [2.45, 2.75) is 6.61 Å². The molecule has 72 valence electrons. The van der Waals surface area contributed by atoms with Gasteiger partial charge in [0.05, 0.1) is 23.8 Å². The molecule has 0 aliphatic heterocycles. The minimum absolute atomic E-state index is 0.120. The van der Waals surface area contributed by atoms with Crippen LogP contribution >= 0.6 is 23.2 Å². The summed E-state index contributed by atoms with van der Waals surface area (Å²) in [6.45, 7) is -0.297. The second kappa shape index (κ2) is 4.05. The molecule has 0 aliphatic carbocycles. The number of phenolic OH excluding ortho intramolecular Hbond substituents is 1. The van der Waals surface area contributed by atoms with E-state index in [2.05, 4.69) is 0 Å². The van der Waals surface area contributed by atoms with Gasteiger partial charge in [-0.05, 0) is 0 Å². The van der Waals surface area contributed by atoms with Crippen LogP contribution in [0.3, 0.4) is 0 Å². The fourth-order valence-electron chi connectivity index (χ4n) is 0.966. The summed E-state index contributed by atoms with van der Waals surface area (Å²) >= 11 is 11.5. The zero-order valence-electron chi connectivity index (χ0n) is 6.84. The largest absolute Gasteiger partial charge is 0.504 e. The molecule has 0 bridgehead atoms. The monoisotopic (exact) mass is 222 g/mol. The van der Waals surface area contributed by atoms with E-state index in [4.69, 9.17) is 33.0 Å². The van der Waals surface area contributed by atoms with Gasteiger partial charge in [0.15, 0.2) is 11.5 Å².